The number of hydrogen-bond acceptors (Lipinski definition) is 5. The number of Topliss-reactive ketones (excluding diaryl/α,β-unsaturated/α-hetero) is 1. The molecule has 0 spiro atoms. The second-order valence-electron chi connectivity index (χ2n) is 11.9. The fourth-order valence-corrected chi connectivity index (χ4v) is 5.88. The maximum absolute atomic E-state index is 14.5. The van der Waals surface area contributed by atoms with Gasteiger partial charge in [-0.25, -0.2) is 18.6 Å². The number of rotatable bonds is 4. The molecule has 0 saturated carbocycles. The van der Waals surface area contributed by atoms with Crippen molar-refractivity contribution >= 4 is 33.5 Å². The number of ketones is 1. The van der Waals surface area contributed by atoms with Crippen molar-refractivity contribution in [1.29, 1.82) is 0 Å². The first-order valence-electron chi connectivity index (χ1n) is 13.7. The highest BCUT2D eigenvalue weighted by Gasteiger charge is 2.29. The van der Waals surface area contributed by atoms with Crippen LogP contribution in [0.4, 0.5) is 14.5 Å². The highest BCUT2D eigenvalue weighted by atomic mass is 19.3. The normalized spacial score (nSPS) is 14.8. The maximum atomic E-state index is 14.5. The number of alkyl halides is 2. The lowest BCUT2D eigenvalue weighted by Gasteiger charge is -2.30. The number of aryl methyl sites for hydroxylation is 3. The van der Waals surface area contributed by atoms with Crippen LogP contribution in [0.15, 0.2) is 41.5 Å². The number of halogens is 2. The summed E-state index contributed by atoms with van der Waals surface area (Å²) in [4.78, 5) is 32.2. The van der Waals surface area contributed by atoms with Crippen LogP contribution in [0, 0.1) is 0 Å². The molecule has 1 saturated heterocycles. The van der Waals surface area contributed by atoms with E-state index < -0.39 is 11.8 Å². The molecule has 9 nitrogen and oxygen atoms in total. The van der Waals surface area contributed by atoms with Crippen LogP contribution < -0.4 is 10.6 Å². The summed E-state index contributed by atoms with van der Waals surface area (Å²) in [5.41, 5.74) is 4.45. The summed E-state index contributed by atoms with van der Waals surface area (Å²) >= 11 is 0. The SMILES string of the molecule is Cn1cc(-c2cc3nc(C(C)(C)C)n(-c4cc(N5CCC(=O)CC5)c5c(c4)n(C)c(=O)n5C)c3cc2C(F)F)cn1. The number of anilines is 1. The van der Waals surface area contributed by atoms with Crippen LogP contribution in [-0.2, 0) is 31.4 Å². The Balaban J connectivity index is 1.68. The van der Waals surface area contributed by atoms with Crippen molar-refractivity contribution in [3.8, 4) is 16.8 Å². The maximum Gasteiger partial charge on any atom is 0.328 e. The van der Waals surface area contributed by atoms with Crippen molar-refractivity contribution in [2.75, 3.05) is 18.0 Å². The summed E-state index contributed by atoms with van der Waals surface area (Å²) < 4.78 is 35.8. The number of carbonyl (C=O) groups excluding carboxylic acids is 1. The molecule has 5 aromatic rings. The van der Waals surface area contributed by atoms with E-state index in [0.717, 1.165) is 11.2 Å². The Bertz CT molecular complexity index is 1890. The van der Waals surface area contributed by atoms with Crippen LogP contribution in [-0.4, -0.2) is 47.3 Å². The molecule has 0 radical (unpaired) electrons. The second kappa shape index (κ2) is 9.39. The lowest BCUT2D eigenvalue weighted by molar-refractivity contribution is -0.119. The standard InChI is InChI=1S/C30H33F2N7O2/c1-30(2,3)28-34-22-13-20(17-15-33-35(4)16-17)21(27(31)32)14-23(22)39(28)18-11-24-26(37(6)29(41)36(24)5)25(12-18)38-9-7-19(40)8-10-38/h11-16,27H,7-10H2,1-6H3. The molecule has 0 unspecified atom stereocenters. The molecule has 0 amide bonds. The van der Waals surface area contributed by atoms with Crippen LogP contribution in [0.1, 0.15) is 51.4 Å². The van der Waals surface area contributed by atoms with Crippen molar-refractivity contribution in [3.05, 3.63) is 58.5 Å². The van der Waals surface area contributed by atoms with Gasteiger partial charge in [-0.15, -0.1) is 0 Å². The van der Waals surface area contributed by atoms with Crippen LogP contribution in [0.5, 0.6) is 0 Å². The molecule has 4 heterocycles. The molecule has 11 heteroatoms. The van der Waals surface area contributed by atoms with Gasteiger partial charge in [0.1, 0.15) is 11.6 Å². The van der Waals surface area contributed by atoms with Gasteiger partial charge in [0.15, 0.2) is 0 Å². The first kappa shape index (κ1) is 26.9. The molecule has 1 aliphatic heterocycles. The molecule has 0 bridgehead atoms. The number of nitrogens with zero attached hydrogens (tertiary/aromatic N) is 7. The van der Waals surface area contributed by atoms with Crippen molar-refractivity contribution in [1.82, 2.24) is 28.5 Å². The van der Waals surface area contributed by atoms with Crippen LogP contribution in [0.3, 0.4) is 0 Å². The molecule has 0 atom stereocenters. The Morgan fingerprint density at radius 1 is 0.927 bits per heavy atom. The van der Waals surface area contributed by atoms with Gasteiger partial charge >= 0.3 is 5.69 Å². The van der Waals surface area contributed by atoms with Gasteiger partial charge in [-0.3, -0.25) is 23.2 Å². The van der Waals surface area contributed by atoms with Gasteiger partial charge in [-0.05, 0) is 29.8 Å². The Labute approximate surface area is 235 Å². The molecule has 0 aliphatic carbocycles. The molecule has 2 aromatic carbocycles. The van der Waals surface area contributed by atoms with Crippen molar-refractivity contribution in [2.45, 2.75) is 45.5 Å². The third kappa shape index (κ3) is 4.34. The Hall–Kier alpha value is -4.28. The molecule has 6 rings (SSSR count). The molecule has 3 aromatic heterocycles. The summed E-state index contributed by atoms with van der Waals surface area (Å²) in [6.07, 6.45) is 1.45. The smallest absolute Gasteiger partial charge is 0.328 e. The first-order chi connectivity index (χ1) is 19.3. The first-order valence-corrected chi connectivity index (χ1v) is 13.7. The number of fused-ring (bicyclic) bond motifs is 2. The van der Waals surface area contributed by atoms with Gasteiger partial charge in [0.05, 0.1) is 39.6 Å². The summed E-state index contributed by atoms with van der Waals surface area (Å²) in [5.74, 6) is 0.922. The highest BCUT2D eigenvalue weighted by molar-refractivity contribution is 5.94. The van der Waals surface area contributed by atoms with Gasteiger partial charge in [0.25, 0.3) is 6.43 Å². The van der Waals surface area contributed by atoms with Crippen molar-refractivity contribution in [2.24, 2.45) is 21.1 Å². The van der Waals surface area contributed by atoms with Gasteiger partial charge in [-0.2, -0.15) is 5.10 Å². The number of aromatic nitrogens is 6. The summed E-state index contributed by atoms with van der Waals surface area (Å²) in [6.45, 7) is 7.20. The van der Waals surface area contributed by atoms with Crippen LogP contribution >= 0.6 is 0 Å². The Kier molecular flexibility index (Phi) is 6.16. The molecule has 1 fully saturated rings. The number of benzene rings is 2. The fourth-order valence-electron chi connectivity index (χ4n) is 5.88. The zero-order valence-electron chi connectivity index (χ0n) is 24.1. The third-order valence-corrected chi connectivity index (χ3v) is 7.99. The van der Waals surface area contributed by atoms with E-state index in [1.807, 2.05) is 37.5 Å². The minimum Gasteiger partial charge on any atom is -0.369 e. The molecule has 0 N–H and O–H groups in total. The van der Waals surface area contributed by atoms with Crippen LogP contribution in [0.25, 0.3) is 38.9 Å². The molecule has 214 valence electrons. The lowest BCUT2D eigenvalue weighted by Crippen LogP contribution is -2.34. The molecular weight excluding hydrogens is 528 g/mol. The fraction of sp³-hybridized carbons (Fsp3) is 0.400. The van der Waals surface area contributed by atoms with Crippen molar-refractivity contribution in [3.63, 3.8) is 0 Å². The predicted molar refractivity (Wildman–Crippen MR) is 155 cm³/mol. The number of carbonyl (C=O) groups is 1. The summed E-state index contributed by atoms with van der Waals surface area (Å²) in [6, 6.07) is 7.15. The average Bonchev–Trinajstić information content (AvgIpc) is 3.59. The lowest BCUT2D eigenvalue weighted by atomic mass is 9.95. The molecule has 1 aliphatic rings. The average molecular weight is 562 g/mol. The Morgan fingerprint density at radius 3 is 2.24 bits per heavy atom. The van der Waals surface area contributed by atoms with Crippen LogP contribution in [0.2, 0.25) is 0 Å². The zero-order valence-corrected chi connectivity index (χ0v) is 24.1. The number of piperidine rings is 1. The van der Waals surface area contributed by atoms with E-state index in [1.165, 1.54) is 6.07 Å². The quantitative estimate of drug-likeness (QED) is 0.308. The topological polar surface area (TPSA) is 82.9 Å². The third-order valence-electron chi connectivity index (χ3n) is 7.99. The van der Waals surface area contributed by atoms with Gasteiger partial charge < -0.3 is 4.90 Å². The van der Waals surface area contributed by atoms with Gasteiger partial charge in [0, 0.05) is 69.8 Å². The van der Waals surface area contributed by atoms with E-state index in [0.29, 0.717) is 65.1 Å². The number of hydrogen-bond donors (Lipinski definition) is 0. The Morgan fingerprint density at radius 2 is 1.63 bits per heavy atom. The van der Waals surface area contributed by atoms with Gasteiger partial charge in [0.2, 0.25) is 0 Å². The van der Waals surface area contributed by atoms with E-state index in [2.05, 4.69) is 10.00 Å². The van der Waals surface area contributed by atoms with E-state index in [-0.39, 0.29) is 17.0 Å². The van der Waals surface area contributed by atoms with E-state index in [1.54, 1.807) is 53.4 Å². The van der Waals surface area contributed by atoms with E-state index in [4.69, 9.17) is 4.98 Å². The largest absolute Gasteiger partial charge is 0.369 e. The second-order valence-corrected chi connectivity index (χ2v) is 11.9. The highest BCUT2D eigenvalue weighted by Crippen LogP contribution is 2.39. The minimum atomic E-state index is -2.71. The molecule has 41 heavy (non-hydrogen) atoms. The van der Waals surface area contributed by atoms with Crippen molar-refractivity contribution < 1.29 is 13.6 Å². The monoisotopic (exact) mass is 561 g/mol. The number of imidazole rings is 2. The zero-order chi connectivity index (χ0) is 29.4. The molecular formula is C30H33F2N7O2. The van der Waals surface area contributed by atoms with Gasteiger partial charge in [-0.1, -0.05) is 20.8 Å². The summed E-state index contributed by atoms with van der Waals surface area (Å²) in [7, 11) is 5.22. The minimum absolute atomic E-state index is 0.102. The van der Waals surface area contributed by atoms with E-state index in [9.17, 15) is 18.4 Å². The predicted octanol–water partition coefficient (Wildman–Crippen LogP) is 5.02. The summed E-state index contributed by atoms with van der Waals surface area (Å²) in [5, 5.41) is 4.18. The van der Waals surface area contributed by atoms with E-state index >= 15 is 0 Å².